The van der Waals surface area contributed by atoms with Gasteiger partial charge in [-0.05, 0) is 24.3 Å². The zero-order valence-electron chi connectivity index (χ0n) is 10.6. The number of aryl methyl sites for hydroxylation is 1. The number of carbonyl (C=O) groups excluding carboxylic acids is 1. The van der Waals surface area contributed by atoms with E-state index in [0.29, 0.717) is 5.69 Å². The topological polar surface area (TPSA) is 94.2 Å². The van der Waals surface area contributed by atoms with E-state index in [9.17, 15) is 19.7 Å². The van der Waals surface area contributed by atoms with Gasteiger partial charge in [0.15, 0.2) is 0 Å². The molecule has 0 saturated carbocycles. The fourth-order valence-corrected chi connectivity index (χ4v) is 1.64. The van der Waals surface area contributed by atoms with Gasteiger partial charge >= 0.3 is 0 Å². The Hall–Kier alpha value is -2.96. The Kier molecular flexibility index (Phi) is 3.60. The summed E-state index contributed by atoms with van der Waals surface area (Å²) in [5.74, 6) is -0.556. The first-order valence-electron chi connectivity index (χ1n) is 5.70. The molecular weight excluding hydrogens is 262 g/mol. The second kappa shape index (κ2) is 5.35. The van der Waals surface area contributed by atoms with Crippen LogP contribution in [0, 0.1) is 10.1 Å². The molecule has 0 bridgehead atoms. The monoisotopic (exact) mass is 273 g/mol. The Morgan fingerprint density at radius 1 is 1.25 bits per heavy atom. The van der Waals surface area contributed by atoms with Crippen LogP contribution < -0.4 is 10.9 Å². The van der Waals surface area contributed by atoms with Crippen molar-refractivity contribution in [3.8, 4) is 0 Å². The molecule has 0 radical (unpaired) electrons. The Bertz CT molecular complexity index is 719. The molecule has 0 fully saturated rings. The number of benzene rings is 1. The standard InChI is InChI=1S/C13H11N3O4/c1-15-8-2-3-11(13(15)18)12(17)14-9-4-6-10(7-5-9)16(19)20/h2-8H,1H3,(H,14,17). The first-order chi connectivity index (χ1) is 9.49. The van der Waals surface area contributed by atoms with Crippen LogP contribution in [0.4, 0.5) is 11.4 Å². The highest BCUT2D eigenvalue weighted by Crippen LogP contribution is 2.15. The molecule has 2 aromatic rings. The lowest BCUT2D eigenvalue weighted by Crippen LogP contribution is -2.26. The van der Waals surface area contributed by atoms with E-state index in [2.05, 4.69) is 5.32 Å². The van der Waals surface area contributed by atoms with E-state index < -0.39 is 16.4 Å². The molecule has 1 heterocycles. The van der Waals surface area contributed by atoms with Gasteiger partial charge < -0.3 is 9.88 Å². The predicted molar refractivity (Wildman–Crippen MR) is 72.7 cm³/mol. The van der Waals surface area contributed by atoms with Gasteiger partial charge in [-0.15, -0.1) is 0 Å². The largest absolute Gasteiger partial charge is 0.322 e. The summed E-state index contributed by atoms with van der Waals surface area (Å²) in [4.78, 5) is 33.7. The summed E-state index contributed by atoms with van der Waals surface area (Å²) < 4.78 is 1.30. The maximum absolute atomic E-state index is 11.9. The summed E-state index contributed by atoms with van der Waals surface area (Å²) in [5.41, 5.74) is -0.0922. The Morgan fingerprint density at radius 2 is 1.90 bits per heavy atom. The summed E-state index contributed by atoms with van der Waals surface area (Å²) in [5, 5.41) is 13.0. The van der Waals surface area contributed by atoms with E-state index in [1.807, 2.05) is 0 Å². The molecule has 0 aliphatic rings. The second-order valence-corrected chi connectivity index (χ2v) is 4.10. The minimum absolute atomic E-state index is 0.00773. The maximum Gasteiger partial charge on any atom is 0.269 e. The van der Waals surface area contributed by atoms with Gasteiger partial charge in [0.05, 0.1) is 4.92 Å². The molecule has 2 rings (SSSR count). The van der Waals surface area contributed by atoms with E-state index in [1.54, 1.807) is 19.3 Å². The van der Waals surface area contributed by atoms with Crippen molar-refractivity contribution in [3.63, 3.8) is 0 Å². The summed E-state index contributed by atoms with van der Waals surface area (Å²) in [6.07, 6.45) is 1.55. The number of non-ortho nitro benzene ring substituents is 1. The highest BCUT2D eigenvalue weighted by molar-refractivity contribution is 6.04. The molecule has 0 unspecified atom stereocenters. The molecule has 7 nitrogen and oxygen atoms in total. The summed E-state index contributed by atoms with van der Waals surface area (Å²) >= 11 is 0. The average Bonchev–Trinajstić information content (AvgIpc) is 2.42. The van der Waals surface area contributed by atoms with Crippen molar-refractivity contribution >= 4 is 17.3 Å². The molecule has 1 aromatic carbocycles. The van der Waals surface area contributed by atoms with Crippen molar-refractivity contribution in [1.82, 2.24) is 4.57 Å². The zero-order valence-corrected chi connectivity index (χ0v) is 10.6. The average molecular weight is 273 g/mol. The molecule has 1 aromatic heterocycles. The van der Waals surface area contributed by atoms with Crippen LogP contribution in [0.1, 0.15) is 10.4 Å². The Balaban J connectivity index is 2.21. The van der Waals surface area contributed by atoms with Gasteiger partial charge in [-0.3, -0.25) is 19.7 Å². The fourth-order valence-electron chi connectivity index (χ4n) is 1.64. The smallest absolute Gasteiger partial charge is 0.269 e. The number of amides is 1. The number of hydrogen-bond acceptors (Lipinski definition) is 4. The van der Waals surface area contributed by atoms with Crippen LogP contribution in [0.15, 0.2) is 47.4 Å². The van der Waals surface area contributed by atoms with E-state index >= 15 is 0 Å². The number of carbonyl (C=O) groups is 1. The number of nitro benzene ring substituents is 1. The van der Waals surface area contributed by atoms with Gasteiger partial charge in [-0.1, -0.05) is 0 Å². The first-order valence-corrected chi connectivity index (χ1v) is 5.70. The number of anilines is 1. The van der Waals surface area contributed by atoms with Gasteiger partial charge in [-0.2, -0.15) is 0 Å². The molecule has 0 atom stereocenters. The molecule has 1 N–H and O–H groups in total. The van der Waals surface area contributed by atoms with Crippen molar-refractivity contribution in [2.24, 2.45) is 7.05 Å². The molecule has 0 aliphatic carbocycles. The van der Waals surface area contributed by atoms with Crippen LogP contribution in [-0.4, -0.2) is 15.4 Å². The number of hydrogen-bond donors (Lipinski definition) is 1. The van der Waals surface area contributed by atoms with E-state index in [0.717, 1.165) is 0 Å². The van der Waals surface area contributed by atoms with E-state index in [4.69, 9.17) is 0 Å². The molecule has 20 heavy (non-hydrogen) atoms. The fraction of sp³-hybridized carbons (Fsp3) is 0.0769. The number of nitrogens with one attached hydrogen (secondary N) is 1. The van der Waals surface area contributed by atoms with Gasteiger partial charge in [0, 0.05) is 31.1 Å². The van der Waals surface area contributed by atoms with Crippen molar-refractivity contribution in [2.45, 2.75) is 0 Å². The molecular formula is C13H11N3O4. The molecule has 0 saturated heterocycles. The maximum atomic E-state index is 11.9. The predicted octanol–water partition coefficient (Wildman–Crippen LogP) is 1.55. The second-order valence-electron chi connectivity index (χ2n) is 4.10. The SMILES string of the molecule is Cn1cccc(C(=O)Nc2ccc([N+](=O)[O-])cc2)c1=O. The molecule has 0 aliphatic heterocycles. The number of pyridine rings is 1. The number of aromatic nitrogens is 1. The first kappa shape index (κ1) is 13.5. The summed E-state index contributed by atoms with van der Waals surface area (Å²) in [6, 6.07) is 8.37. The lowest BCUT2D eigenvalue weighted by atomic mass is 10.2. The van der Waals surface area contributed by atoms with Crippen molar-refractivity contribution in [2.75, 3.05) is 5.32 Å². The van der Waals surface area contributed by atoms with Crippen molar-refractivity contribution < 1.29 is 9.72 Å². The minimum Gasteiger partial charge on any atom is -0.322 e. The Labute approximate surface area is 113 Å². The van der Waals surface area contributed by atoms with Gasteiger partial charge in [-0.25, -0.2) is 0 Å². The molecule has 102 valence electrons. The van der Waals surface area contributed by atoms with Gasteiger partial charge in [0.2, 0.25) is 0 Å². The molecule has 1 amide bonds. The van der Waals surface area contributed by atoms with E-state index in [1.165, 1.54) is 34.9 Å². The van der Waals surface area contributed by atoms with Crippen LogP contribution >= 0.6 is 0 Å². The van der Waals surface area contributed by atoms with Crippen LogP contribution in [0.25, 0.3) is 0 Å². The lowest BCUT2D eigenvalue weighted by molar-refractivity contribution is -0.384. The Morgan fingerprint density at radius 3 is 2.50 bits per heavy atom. The molecule has 0 spiro atoms. The van der Waals surface area contributed by atoms with E-state index in [-0.39, 0.29) is 11.3 Å². The normalized spacial score (nSPS) is 10.1. The lowest BCUT2D eigenvalue weighted by Gasteiger charge is -2.05. The molecule has 7 heteroatoms. The third-order valence-electron chi connectivity index (χ3n) is 2.70. The summed E-state index contributed by atoms with van der Waals surface area (Å²) in [7, 11) is 1.55. The van der Waals surface area contributed by atoms with Crippen LogP contribution in [0.3, 0.4) is 0 Å². The number of rotatable bonds is 3. The van der Waals surface area contributed by atoms with Gasteiger partial charge in [0.1, 0.15) is 5.56 Å². The quantitative estimate of drug-likeness (QED) is 0.678. The van der Waals surface area contributed by atoms with Crippen molar-refractivity contribution in [1.29, 1.82) is 0 Å². The zero-order chi connectivity index (χ0) is 14.7. The number of nitro groups is 1. The third kappa shape index (κ3) is 2.72. The van der Waals surface area contributed by atoms with Crippen molar-refractivity contribution in [3.05, 3.63) is 68.6 Å². The highest BCUT2D eigenvalue weighted by atomic mass is 16.6. The van der Waals surface area contributed by atoms with Crippen LogP contribution in [0.5, 0.6) is 0 Å². The highest BCUT2D eigenvalue weighted by Gasteiger charge is 2.12. The summed E-state index contributed by atoms with van der Waals surface area (Å²) in [6.45, 7) is 0. The minimum atomic E-state index is -0.556. The van der Waals surface area contributed by atoms with Gasteiger partial charge in [0.25, 0.3) is 17.2 Å². The number of nitrogens with zero attached hydrogens (tertiary/aromatic N) is 2. The van der Waals surface area contributed by atoms with Crippen LogP contribution in [-0.2, 0) is 7.05 Å². The third-order valence-corrected chi connectivity index (χ3v) is 2.70. The van der Waals surface area contributed by atoms with Crippen LogP contribution in [0.2, 0.25) is 0 Å².